The Bertz CT molecular complexity index is 1850. The first-order valence-corrected chi connectivity index (χ1v) is 22.4. The molecule has 3 aromatic rings. The molecule has 3 amide bonds. The van der Waals surface area contributed by atoms with Gasteiger partial charge in [0, 0.05) is 19.5 Å². The number of carbonyl (C=O) groups excluding carboxylic acids is 3. The van der Waals surface area contributed by atoms with Crippen molar-refractivity contribution in [2.75, 3.05) is 33.0 Å². The van der Waals surface area contributed by atoms with Crippen molar-refractivity contribution >= 4 is 43.7 Å². The van der Waals surface area contributed by atoms with Crippen LogP contribution in [0.15, 0.2) is 72.8 Å². The van der Waals surface area contributed by atoms with E-state index in [0.29, 0.717) is 31.5 Å². The van der Waals surface area contributed by atoms with Crippen LogP contribution in [0.2, 0.25) is 0 Å². The maximum atomic E-state index is 14.3. The molecular formula is C41H57N3O10P2. The third-order valence-electron chi connectivity index (χ3n) is 8.81. The van der Waals surface area contributed by atoms with Crippen LogP contribution in [0.4, 0.5) is 4.79 Å². The molecule has 1 saturated heterocycles. The van der Waals surface area contributed by atoms with Gasteiger partial charge in [0.2, 0.25) is 11.8 Å². The molecule has 0 unspecified atom stereocenters. The average molecular weight is 814 g/mol. The molecule has 15 heteroatoms. The van der Waals surface area contributed by atoms with Gasteiger partial charge in [-0.3, -0.25) is 18.7 Å². The van der Waals surface area contributed by atoms with Crippen LogP contribution in [0.1, 0.15) is 78.9 Å². The highest BCUT2D eigenvalue weighted by Crippen LogP contribution is 2.53. The topological polar surface area (TPSA) is 159 Å². The smallest absolute Gasteiger partial charge is 0.408 e. The number of amides is 3. The first-order valence-electron chi connectivity index (χ1n) is 19.3. The van der Waals surface area contributed by atoms with Crippen molar-refractivity contribution in [3.05, 3.63) is 83.9 Å². The van der Waals surface area contributed by atoms with Gasteiger partial charge in [0.1, 0.15) is 17.7 Å². The van der Waals surface area contributed by atoms with Gasteiger partial charge in [-0.25, -0.2) is 4.79 Å². The molecule has 0 saturated carbocycles. The van der Waals surface area contributed by atoms with E-state index in [-0.39, 0.29) is 49.4 Å². The summed E-state index contributed by atoms with van der Waals surface area (Å²) in [6.45, 7) is 12.8. The summed E-state index contributed by atoms with van der Waals surface area (Å²) < 4.78 is 56.4. The van der Waals surface area contributed by atoms with Crippen LogP contribution in [-0.4, -0.2) is 73.5 Å². The molecule has 0 radical (unpaired) electrons. The van der Waals surface area contributed by atoms with E-state index >= 15 is 0 Å². The van der Waals surface area contributed by atoms with Crippen LogP contribution < -0.4 is 21.2 Å². The number of ether oxygens (including phenoxy) is 1. The fourth-order valence-electron chi connectivity index (χ4n) is 6.40. The maximum Gasteiger partial charge on any atom is 0.408 e. The molecule has 1 fully saturated rings. The summed E-state index contributed by atoms with van der Waals surface area (Å²) in [5, 5.41) is 5.55. The summed E-state index contributed by atoms with van der Waals surface area (Å²) in [5.74, 6) is -0.830. The van der Waals surface area contributed by atoms with E-state index in [4.69, 9.17) is 22.8 Å². The molecule has 0 aliphatic carbocycles. The standard InChI is InChI=1S/C41H57N3O10P2/c1-8-50-55(48,51-9-2)36-25-22-31(28-37(36)56(49,52-10-3)53-11-4)27-35(43-40(47)54-41(5,6)7)38(45)42-34-19-15-16-26-44(39(34)46)29-30-20-23-33(24-21-30)32-17-13-12-14-18-32/h12-14,17-18,20-25,28,34-35H,8-11,15-16,19,26-27,29H2,1-7H3,(H,42,45)(H,43,47)/t34-,35-/m0/s1. The first kappa shape index (κ1) is 44.9. The largest absolute Gasteiger partial charge is 0.444 e. The van der Waals surface area contributed by atoms with Gasteiger partial charge in [0.15, 0.2) is 0 Å². The Labute approximate surface area is 331 Å². The van der Waals surface area contributed by atoms with Crippen LogP contribution in [0, 0.1) is 0 Å². The van der Waals surface area contributed by atoms with E-state index in [9.17, 15) is 23.5 Å². The second-order valence-corrected chi connectivity index (χ2v) is 18.3. The van der Waals surface area contributed by atoms with E-state index in [0.717, 1.165) is 23.1 Å². The van der Waals surface area contributed by atoms with E-state index in [1.54, 1.807) is 59.4 Å². The summed E-state index contributed by atoms with van der Waals surface area (Å²) in [4.78, 5) is 43.0. The van der Waals surface area contributed by atoms with Gasteiger partial charge in [0.25, 0.3) is 0 Å². The minimum atomic E-state index is -4.09. The molecule has 3 aromatic carbocycles. The summed E-state index contributed by atoms with van der Waals surface area (Å²) >= 11 is 0. The lowest BCUT2D eigenvalue weighted by Gasteiger charge is -2.28. The zero-order chi connectivity index (χ0) is 40.9. The Morgan fingerprint density at radius 3 is 1.89 bits per heavy atom. The van der Waals surface area contributed by atoms with Crippen LogP contribution >= 0.6 is 15.2 Å². The fourth-order valence-corrected chi connectivity index (χ4v) is 10.5. The third kappa shape index (κ3) is 12.3. The number of hydrogen-bond donors (Lipinski definition) is 2. The van der Waals surface area contributed by atoms with Gasteiger partial charge in [0.05, 0.1) is 37.0 Å². The number of benzene rings is 3. The molecule has 0 spiro atoms. The van der Waals surface area contributed by atoms with Gasteiger partial charge >= 0.3 is 21.3 Å². The van der Waals surface area contributed by atoms with Crippen molar-refractivity contribution in [2.45, 2.75) is 98.4 Å². The normalized spacial score (nSPS) is 15.9. The van der Waals surface area contributed by atoms with Gasteiger partial charge in [-0.2, -0.15) is 0 Å². The SMILES string of the molecule is CCOP(=O)(OCC)c1ccc(C[C@H](NC(=O)OC(C)(C)C)C(=O)N[C@H]2CCCCN(Cc3ccc(-c4ccccc4)cc3)C2=O)cc1P(=O)(OCC)OCC. The van der Waals surface area contributed by atoms with E-state index in [1.165, 1.54) is 12.1 Å². The Morgan fingerprint density at radius 2 is 1.32 bits per heavy atom. The van der Waals surface area contributed by atoms with Crippen molar-refractivity contribution < 1.29 is 46.3 Å². The molecule has 0 aromatic heterocycles. The lowest BCUT2D eigenvalue weighted by atomic mass is 10.0. The Balaban J connectivity index is 1.63. The quantitative estimate of drug-likeness (QED) is 0.125. The molecule has 2 atom stereocenters. The molecule has 4 rings (SSSR count). The molecule has 13 nitrogen and oxygen atoms in total. The van der Waals surface area contributed by atoms with Crippen molar-refractivity contribution in [3.63, 3.8) is 0 Å². The van der Waals surface area contributed by atoms with Crippen molar-refractivity contribution in [1.82, 2.24) is 15.5 Å². The van der Waals surface area contributed by atoms with Crippen molar-refractivity contribution in [3.8, 4) is 11.1 Å². The van der Waals surface area contributed by atoms with Gasteiger partial charge in [-0.05, 0) is 102 Å². The number of hydrogen-bond acceptors (Lipinski definition) is 10. The molecule has 2 N–H and O–H groups in total. The molecule has 1 aliphatic heterocycles. The van der Waals surface area contributed by atoms with Crippen molar-refractivity contribution in [1.29, 1.82) is 0 Å². The van der Waals surface area contributed by atoms with E-state index in [2.05, 4.69) is 10.6 Å². The predicted octanol–water partition coefficient (Wildman–Crippen LogP) is 7.27. The van der Waals surface area contributed by atoms with E-state index in [1.807, 2.05) is 54.6 Å². The molecule has 0 bridgehead atoms. The molecule has 1 heterocycles. The molecule has 56 heavy (non-hydrogen) atoms. The molecule has 306 valence electrons. The summed E-state index contributed by atoms with van der Waals surface area (Å²) in [6, 6.07) is 20.6. The Kier molecular flexibility index (Phi) is 16.5. The Hall–Kier alpha value is -3.83. The monoisotopic (exact) mass is 813 g/mol. The second-order valence-electron chi connectivity index (χ2n) is 14.3. The minimum Gasteiger partial charge on any atom is -0.444 e. The van der Waals surface area contributed by atoms with Crippen LogP contribution in [0.5, 0.6) is 0 Å². The number of nitrogens with zero attached hydrogens (tertiary/aromatic N) is 1. The summed E-state index contributed by atoms with van der Waals surface area (Å²) in [6.07, 6.45) is 0.930. The fraction of sp³-hybridized carbons (Fsp3) is 0.488. The van der Waals surface area contributed by atoms with Crippen LogP contribution in [-0.2, 0) is 54.5 Å². The number of nitrogens with one attached hydrogen (secondary N) is 2. The minimum absolute atomic E-state index is 0.00938. The first-order chi connectivity index (χ1) is 26.6. The highest BCUT2D eigenvalue weighted by molar-refractivity contribution is 7.68. The maximum absolute atomic E-state index is 14.3. The lowest BCUT2D eigenvalue weighted by molar-refractivity contribution is -0.136. The summed E-state index contributed by atoms with van der Waals surface area (Å²) in [7, 11) is -8.09. The zero-order valence-electron chi connectivity index (χ0n) is 33.6. The van der Waals surface area contributed by atoms with Gasteiger partial charge in [-0.1, -0.05) is 60.7 Å². The van der Waals surface area contributed by atoms with Gasteiger partial charge in [-0.15, -0.1) is 0 Å². The number of alkyl carbamates (subject to hydrolysis) is 1. The number of likely N-dealkylation sites (tertiary alicyclic amines) is 1. The average Bonchev–Trinajstić information content (AvgIpc) is 3.31. The second kappa shape index (κ2) is 20.5. The Morgan fingerprint density at radius 1 is 0.768 bits per heavy atom. The van der Waals surface area contributed by atoms with Crippen molar-refractivity contribution in [2.24, 2.45) is 0 Å². The molecule has 1 aliphatic rings. The van der Waals surface area contributed by atoms with Crippen LogP contribution in [0.3, 0.4) is 0 Å². The predicted molar refractivity (Wildman–Crippen MR) is 217 cm³/mol. The van der Waals surface area contributed by atoms with Crippen LogP contribution in [0.25, 0.3) is 11.1 Å². The lowest BCUT2D eigenvalue weighted by Crippen LogP contribution is -2.55. The van der Waals surface area contributed by atoms with E-state index < -0.39 is 44.9 Å². The summed E-state index contributed by atoms with van der Waals surface area (Å²) in [5.41, 5.74) is 2.69. The van der Waals surface area contributed by atoms with Gasteiger partial charge < -0.3 is 38.4 Å². The number of rotatable bonds is 18. The third-order valence-corrected chi connectivity index (χ3v) is 13.3. The molecular weight excluding hydrogens is 756 g/mol. The highest BCUT2D eigenvalue weighted by Gasteiger charge is 2.40. The highest BCUT2D eigenvalue weighted by atomic mass is 31.2. The number of carbonyl (C=O) groups is 3. The zero-order valence-corrected chi connectivity index (χ0v) is 35.4.